The van der Waals surface area contributed by atoms with Crippen LogP contribution in [0.1, 0.15) is 5.56 Å². The summed E-state index contributed by atoms with van der Waals surface area (Å²) in [6.07, 6.45) is 1.69. The van der Waals surface area contributed by atoms with Crippen LogP contribution in [0.5, 0.6) is 0 Å². The summed E-state index contributed by atoms with van der Waals surface area (Å²) in [4.78, 5) is 15.5. The quantitative estimate of drug-likeness (QED) is 0.730. The van der Waals surface area contributed by atoms with Gasteiger partial charge >= 0.3 is 0 Å². The summed E-state index contributed by atoms with van der Waals surface area (Å²) in [5.74, 6) is 0.269. The number of pyridine rings is 1. The predicted molar refractivity (Wildman–Crippen MR) is 72.0 cm³/mol. The molecule has 0 bridgehead atoms. The number of aliphatic hydroxyl groups excluding tert-OH is 1. The molecule has 1 N–H and O–H groups in total. The average Bonchev–Trinajstić information content (AvgIpc) is 2.85. The SMILES string of the molecule is O=Nc1c(-c2ccccc2)nc2cc(CO)ccn12. The Morgan fingerprint density at radius 2 is 2.00 bits per heavy atom. The van der Waals surface area contributed by atoms with Crippen molar-refractivity contribution in [3.05, 3.63) is 59.1 Å². The highest BCUT2D eigenvalue weighted by Crippen LogP contribution is 2.30. The summed E-state index contributed by atoms with van der Waals surface area (Å²) < 4.78 is 1.62. The van der Waals surface area contributed by atoms with E-state index in [9.17, 15) is 4.91 Å². The largest absolute Gasteiger partial charge is 0.392 e. The lowest BCUT2D eigenvalue weighted by Gasteiger charge is -1.98. The second-order valence-corrected chi connectivity index (χ2v) is 4.16. The van der Waals surface area contributed by atoms with Gasteiger partial charge in [0.15, 0.2) is 0 Å². The Labute approximate surface area is 109 Å². The number of nitroso groups, excluding NO2 is 1. The van der Waals surface area contributed by atoms with E-state index in [1.165, 1.54) is 0 Å². The molecule has 3 aromatic rings. The number of hydrogen-bond acceptors (Lipinski definition) is 4. The van der Waals surface area contributed by atoms with E-state index in [2.05, 4.69) is 10.2 Å². The number of benzene rings is 1. The van der Waals surface area contributed by atoms with Gasteiger partial charge in [0.2, 0.25) is 5.82 Å². The fourth-order valence-corrected chi connectivity index (χ4v) is 2.05. The molecule has 19 heavy (non-hydrogen) atoms. The zero-order chi connectivity index (χ0) is 13.2. The number of aromatic nitrogens is 2. The number of aliphatic hydroxyl groups is 1. The summed E-state index contributed by atoms with van der Waals surface area (Å²) in [6, 6.07) is 12.9. The molecule has 94 valence electrons. The van der Waals surface area contributed by atoms with Gasteiger partial charge in [-0.25, -0.2) is 4.98 Å². The summed E-state index contributed by atoms with van der Waals surface area (Å²) in [5.41, 5.74) is 2.73. The molecule has 0 fully saturated rings. The van der Waals surface area contributed by atoms with Crippen LogP contribution in [0.2, 0.25) is 0 Å². The van der Waals surface area contributed by atoms with Crippen molar-refractivity contribution in [3.8, 4) is 11.3 Å². The van der Waals surface area contributed by atoms with Crippen LogP contribution in [0.4, 0.5) is 5.82 Å². The molecular weight excluding hydrogens is 242 g/mol. The number of fused-ring (bicyclic) bond motifs is 1. The molecule has 0 aliphatic heterocycles. The van der Waals surface area contributed by atoms with E-state index >= 15 is 0 Å². The van der Waals surface area contributed by atoms with Crippen molar-refractivity contribution in [2.24, 2.45) is 5.18 Å². The third kappa shape index (κ3) is 1.90. The van der Waals surface area contributed by atoms with E-state index < -0.39 is 0 Å². The summed E-state index contributed by atoms with van der Waals surface area (Å²) in [6.45, 7) is -0.0616. The number of hydrogen-bond donors (Lipinski definition) is 1. The molecule has 2 heterocycles. The highest BCUT2D eigenvalue weighted by Gasteiger charge is 2.14. The first-order valence-corrected chi connectivity index (χ1v) is 5.84. The number of rotatable bonds is 3. The lowest BCUT2D eigenvalue weighted by molar-refractivity contribution is 0.282. The Balaban J connectivity index is 2.28. The van der Waals surface area contributed by atoms with Crippen molar-refractivity contribution in [2.75, 3.05) is 0 Å². The smallest absolute Gasteiger partial charge is 0.209 e. The van der Waals surface area contributed by atoms with Crippen molar-refractivity contribution in [1.82, 2.24) is 9.38 Å². The second-order valence-electron chi connectivity index (χ2n) is 4.16. The first-order valence-electron chi connectivity index (χ1n) is 5.84. The molecule has 5 nitrogen and oxygen atoms in total. The third-order valence-electron chi connectivity index (χ3n) is 2.98. The van der Waals surface area contributed by atoms with Crippen molar-refractivity contribution in [2.45, 2.75) is 6.61 Å². The highest BCUT2D eigenvalue weighted by molar-refractivity contribution is 5.74. The molecule has 0 unspecified atom stereocenters. The second kappa shape index (κ2) is 4.62. The minimum Gasteiger partial charge on any atom is -0.392 e. The molecule has 3 rings (SSSR count). The van der Waals surface area contributed by atoms with Gasteiger partial charge < -0.3 is 5.11 Å². The van der Waals surface area contributed by atoms with Gasteiger partial charge in [-0.2, -0.15) is 0 Å². The van der Waals surface area contributed by atoms with Crippen molar-refractivity contribution < 1.29 is 5.11 Å². The van der Waals surface area contributed by atoms with Crippen LogP contribution in [0, 0.1) is 4.91 Å². The van der Waals surface area contributed by atoms with Gasteiger partial charge in [0, 0.05) is 11.8 Å². The first-order chi connectivity index (χ1) is 9.33. The van der Waals surface area contributed by atoms with Crippen molar-refractivity contribution in [1.29, 1.82) is 0 Å². The third-order valence-corrected chi connectivity index (χ3v) is 2.98. The van der Waals surface area contributed by atoms with Crippen LogP contribution in [0.25, 0.3) is 16.9 Å². The summed E-state index contributed by atoms with van der Waals surface area (Å²) >= 11 is 0. The molecular formula is C14H11N3O2. The fourth-order valence-electron chi connectivity index (χ4n) is 2.05. The van der Waals surface area contributed by atoms with Gasteiger partial charge in [-0.05, 0) is 22.9 Å². The monoisotopic (exact) mass is 253 g/mol. The average molecular weight is 253 g/mol. The zero-order valence-electron chi connectivity index (χ0n) is 10.0. The van der Waals surface area contributed by atoms with Crippen LogP contribution in [0.15, 0.2) is 53.8 Å². The predicted octanol–water partition coefficient (Wildman–Crippen LogP) is 2.89. The Hall–Kier alpha value is -2.53. The van der Waals surface area contributed by atoms with Gasteiger partial charge in [-0.3, -0.25) is 4.40 Å². The lowest BCUT2D eigenvalue weighted by atomic mass is 10.1. The minimum absolute atomic E-state index is 0.0616. The molecule has 0 aliphatic rings. The van der Waals surface area contributed by atoms with Gasteiger partial charge in [0.25, 0.3) is 0 Å². The van der Waals surface area contributed by atoms with E-state index in [0.29, 0.717) is 11.3 Å². The van der Waals surface area contributed by atoms with Crippen molar-refractivity contribution in [3.63, 3.8) is 0 Å². The first kappa shape index (κ1) is 11.6. The van der Waals surface area contributed by atoms with Crippen LogP contribution < -0.4 is 0 Å². The standard InChI is InChI=1S/C14H11N3O2/c18-9-10-6-7-17-12(8-10)15-13(14(17)16-19)11-4-2-1-3-5-11/h1-8,18H,9H2. The van der Waals surface area contributed by atoms with E-state index in [1.807, 2.05) is 30.3 Å². The molecule has 0 saturated carbocycles. The molecule has 0 radical (unpaired) electrons. The maximum absolute atomic E-state index is 11.1. The summed E-state index contributed by atoms with van der Waals surface area (Å²) in [7, 11) is 0. The van der Waals surface area contributed by atoms with Gasteiger partial charge in [-0.1, -0.05) is 30.3 Å². The van der Waals surface area contributed by atoms with Gasteiger partial charge in [0.1, 0.15) is 11.3 Å². The Kier molecular flexibility index (Phi) is 2.81. The topological polar surface area (TPSA) is 67.0 Å². The lowest BCUT2D eigenvalue weighted by Crippen LogP contribution is -1.88. The van der Waals surface area contributed by atoms with E-state index in [-0.39, 0.29) is 12.4 Å². The maximum Gasteiger partial charge on any atom is 0.209 e. The molecule has 0 atom stereocenters. The normalized spacial score (nSPS) is 10.8. The fraction of sp³-hybridized carbons (Fsp3) is 0.0714. The van der Waals surface area contributed by atoms with Gasteiger partial charge in [-0.15, -0.1) is 4.91 Å². The summed E-state index contributed by atoms with van der Waals surface area (Å²) in [5, 5.41) is 12.2. The van der Waals surface area contributed by atoms with Crippen LogP contribution in [-0.2, 0) is 6.61 Å². The Bertz CT molecular complexity index is 735. The zero-order valence-corrected chi connectivity index (χ0v) is 10.0. The maximum atomic E-state index is 11.1. The van der Waals surface area contributed by atoms with Crippen LogP contribution in [0.3, 0.4) is 0 Å². The molecule has 0 amide bonds. The number of imidazole rings is 1. The Morgan fingerprint density at radius 1 is 1.21 bits per heavy atom. The highest BCUT2D eigenvalue weighted by atomic mass is 16.3. The molecule has 5 heteroatoms. The molecule has 0 spiro atoms. The molecule has 1 aromatic carbocycles. The molecule has 2 aromatic heterocycles. The Morgan fingerprint density at radius 3 is 2.68 bits per heavy atom. The molecule has 0 aliphatic carbocycles. The van der Waals surface area contributed by atoms with E-state index in [1.54, 1.807) is 22.7 Å². The van der Waals surface area contributed by atoms with Crippen molar-refractivity contribution >= 4 is 11.5 Å². The van der Waals surface area contributed by atoms with Gasteiger partial charge in [0.05, 0.1) is 6.61 Å². The number of nitrogens with zero attached hydrogens (tertiary/aromatic N) is 3. The van der Waals surface area contributed by atoms with E-state index in [4.69, 9.17) is 5.11 Å². The minimum atomic E-state index is -0.0616. The van der Waals surface area contributed by atoms with Crippen LogP contribution >= 0.6 is 0 Å². The van der Waals surface area contributed by atoms with Crippen LogP contribution in [-0.4, -0.2) is 14.5 Å². The van der Waals surface area contributed by atoms with E-state index in [0.717, 1.165) is 11.1 Å². The molecule has 0 saturated heterocycles.